The summed E-state index contributed by atoms with van der Waals surface area (Å²) in [6.45, 7) is 1.07. The number of hydrogen-bond acceptors (Lipinski definition) is 4. The number of aromatic nitrogens is 1. The first-order valence-corrected chi connectivity index (χ1v) is 7.64. The number of hydrogen-bond donors (Lipinski definition) is 1. The van der Waals surface area contributed by atoms with Gasteiger partial charge < -0.3 is 14.6 Å². The van der Waals surface area contributed by atoms with Gasteiger partial charge in [0.1, 0.15) is 0 Å². The molecule has 1 aromatic carbocycles. The number of benzene rings is 1. The summed E-state index contributed by atoms with van der Waals surface area (Å²) in [5.41, 5.74) is 1.14. The molecule has 7 heteroatoms. The van der Waals surface area contributed by atoms with E-state index in [4.69, 9.17) is 5.11 Å². The van der Waals surface area contributed by atoms with Crippen molar-refractivity contribution in [2.75, 3.05) is 13.1 Å². The fraction of sp³-hybridized carbons (Fsp3) is 0.167. The third-order valence-corrected chi connectivity index (χ3v) is 3.86. The molecule has 1 aliphatic heterocycles. The normalized spacial score (nSPS) is 13.3. The zero-order valence-electron chi connectivity index (χ0n) is 13.3. The van der Waals surface area contributed by atoms with Gasteiger partial charge >= 0.3 is 5.97 Å². The van der Waals surface area contributed by atoms with Crippen molar-refractivity contribution in [2.24, 2.45) is 4.99 Å². The van der Waals surface area contributed by atoms with Crippen LogP contribution in [0.1, 0.15) is 10.4 Å². The Bertz CT molecular complexity index is 938. The Kier molecular flexibility index (Phi) is 4.59. The largest absolute Gasteiger partial charge is 0.478 e. The van der Waals surface area contributed by atoms with Crippen molar-refractivity contribution < 1.29 is 14.7 Å². The molecular weight excluding hydrogens is 322 g/mol. The van der Waals surface area contributed by atoms with E-state index >= 15 is 0 Å². The Labute approximate surface area is 143 Å². The third kappa shape index (κ3) is 3.73. The van der Waals surface area contributed by atoms with E-state index < -0.39 is 5.97 Å². The first-order chi connectivity index (χ1) is 12.0. The van der Waals surface area contributed by atoms with E-state index in [-0.39, 0.29) is 23.6 Å². The second-order valence-corrected chi connectivity index (χ2v) is 5.54. The molecule has 7 nitrogen and oxygen atoms in total. The van der Waals surface area contributed by atoms with Crippen LogP contribution in [0.2, 0.25) is 0 Å². The lowest BCUT2D eigenvalue weighted by Gasteiger charge is -2.19. The van der Waals surface area contributed by atoms with Gasteiger partial charge in [0.05, 0.1) is 18.3 Å². The average Bonchev–Trinajstić information content (AvgIpc) is 2.61. The van der Waals surface area contributed by atoms with Gasteiger partial charge in [-0.15, -0.1) is 0 Å². The van der Waals surface area contributed by atoms with Gasteiger partial charge in [0.15, 0.2) is 0 Å². The Morgan fingerprint density at radius 1 is 1.16 bits per heavy atom. The van der Waals surface area contributed by atoms with Crippen molar-refractivity contribution in [2.45, 2.75) is 6.54 Å². The van der Waals surface area contributed by atoms with Crippen LogP contribution in [0.15, 0.2) is 58.6 Å². The Morgan fingerprint density at radius 3 is 2.60 bits per heavy atom. The van der Waals surface area contributed by atoms with Crippen molar-refractivity contribution in [1.82, 2.24) is 9.47 Å². The van der Waals surface area contributed by atoms with Gasteiger partial charge in [0, 0.05) is 30.7 Å². The summed E-state index contributed by atoms with van der Waals surface area (Å²) in [4.78, 5) is 40.1. The molecule has 0 bridgehead atoms. The highest BCUT2D eigenvalue weighted by Crippen LogP contribution is 2.16. The highest BCUT2D eigenvalue weighted by Gasteiger charge is 2.11. The van der Waals surface area contributed by atoms with E-state index in [9.17, 15) is 14.4 Å². The van der Waals surface area contributed by atoms with Crippen LogP contribution in [0.5, 0.6) is 0 Å². The van der Waals surface area contributed by atoms with Gasteiger partial charge in [-0.25, -0.2) is 4.79 Å². The summed E-state index contributed by atoms with van der Waals surface area (Å²) in [5.74, 6) is 1.26. The van der Waals surface area contributed by atoms with E-state index in [1.807, 2.05) is 0 Å². The molecule has 0 fully saturated rings. The maximum absolute atomic E-state index is 12.6. The van der Waals surface area contributed by atoms with Gasteiger partial charge in [-0.05, 0) is 29.8 Å². The summed E-state index contributed by atoms with van der Waals surface area (Å²) in [6, 6.07) is 9.64. The first kappa shape index (κ1) is 16.4. The number of carboxylic acid groups (broad SMARTS) is 1. The SMILES string of the molecule is O=C1CN(CCn2cccc(-c3ccc(C(=O)O)cc3)c2=O)C=C=N1. The van der Waals surface area contributed by atoms with Gasteiger partial charge in [0.2, 0.25) is 0 Å². The number of nitrogens with zero attached hydrogens (tertiary/aromatic N) is 3. The van der Waals surface area contributed by atoms with E-state index in [0.29, 0.717) is 24.2 Å². The lowest BCUT2D eigenvalue weighted by atomic mass is 10.1. The molecule has 126 valence electrons. The van der Waals surface area contributed by atoms with Crippen molar-refractivity contribution in [1.29, 1.82) is 0 Å². The van der Waals surface area contributed by atoms with E-state index in [1.54, 1.807) is 46.1 Å². The van der Waals surface area contributed by atoms with E-state index in [1.165, 1.54) is 12.1 Å². The molecular formula is C18H15N3O4. The summed E-state index contributed by atoms with van der Waals surface area (Å²) in [5, 5.41) is 8.95. The summed E-state index contributed by atoms with van der Waals surface area (Å²) in [6.07, 6.45) is 3.28. The molecule has 0 unspecified atom stereocenters. The fourth-order valence-electron chi connectivity index (χ4n) is 2.54. The van der Waals surface area contributed by atoms with Crippen LogP contribution < -0.4 is 5.56 Å². The zero-order valence-corrected chi connectivity index (χ0v) is 13.3. The number of carbonyl (C=O) groups excluding carboxylic acids is 1. The molecule has 2 aromatic rings. The van der Waals surface area contributed by atoms with Gasteiger partial charge in [-0.3, -0.25) is 9.59 Å². The van der Waals surface area contributed by atoms with Crippen molar-refractivity contribution in [3.8, 4) is 11.1 Å². The van der Waals surface area contributed by atoms with Crippen LogP contribution in [0, 0.1) is 0 Å². The predicted octanol–water partition coefficient (Wildman–Crippen LogP) is 1.24. The smallest absolute Gasteiger partial charge is 0.335 e. The van der Waals surface area contributed by atoms with Gasteiger partial charge in [-0.1, -0.05) is 12.1 Å². The van der Waals surface area contributed by atoms with Crippen LogP contribution in [-0.2, 0) is 11.3 Å². The molecule has 1 aromatic heterocycles. The third-order valence-electron chi connectivity index (χ3n) is 3.86. The minimum atomic E-state index is -1.01. The van der Waals surface area contributed by atoms with Gasteiger partial charge in [0.25, 0.3) is 11.5 Å². The molecule has 0 aliphatic carbocycles. The monoisotopic (exact) mass is 337 g/mol. The Balaban J connectivity index is 1.80. The average molecular weight is 337 g/mol. The predicted molar refractivity (Wildman–Crippen MR) is 91.7 cm³/mol. The van der Waals surface area contributed by atoms with Crippen LogP contribution >= 0.6 is 0 Å². The maximum atomic E-state index is 12.6. The quantitative estimate of drug-likeness (QED) is 0.886. The second kappa shape index (κ2) is 6.98. The highest BCUT2D eigenvalue weighted by molar-refractivity contribution is 5.88. The minimum Gasteiger partial charge on any atom is -0.478 e. The molecule has 1 amide bonds. The summed E-state index contributed by atoms with van der Waals surface area (Å²) < 4.78 is 1.56. The zero-order chi connectivity index (χ0) is 17.8. The fourth-order valence-corrected chi connectivity index (χ4v) is 2.54. The number of rotatable bonds is 5. The number of aliphatic imine (C=N–C) groups is 1. The summed E-state index contributed by atoms with van der Waals surface area (Å²) in [7, 11) is 0. The number of amides is 1. The lowest BCUT2D eigenvalue weighted by Crippen LogP contribution is -2.32. The van der Waals surface area contributed by atoms with E-state index in [0.717, 1.165) is 0 Å². The minimum absolute atomic E-state index is 0.170. The topological polar surface area (TPSA) is 92.0 Å². The lowest BCUT2D eigenvalue weighted by molar-refractivity contribution is -0.118. The van der Waals surface area contributed by atoms with Crippen LogP contribution in [0.4, 0.5) is 0 Å². The van der Waals surface area contributed by atoms with Crippen molar-refractivity contribution in [3.63, 3.8) is 0 Å². The molecule has 0 spiro atoms. The van der Waals surface area contributed by atoms with Crippen molar-refractivity contribution in [3.05, 3.63) is 64.7 Å². The molecule has 25 heavy (non-hydrogen) atoms. The van der Waals surface area contributed by atoms with Gasteiger partial charge in [-0.2, -0.15) is 4.99 Å². The van der Waals surface area contributed by atoms with Crippen molar-refractivity contribution >= 4 is 17.7 Å². The highest BCUT2D eigenvalue weighted by atomic mass is 16.4. The standard InChI is InChI=1S/C18H15N3O4/c22-16-12-20(9-7-19-16)10-11-21-8-1-2-15(17(21)23)13-3-5-14(6-4-13)18(24)25/h1-6,8-9H,10-12H2,(H,24,25). The number of aromatic carboxylic acids is 1. The number of pyridine rings is 1. The van der Waals surface area contributed by atoms with Crippen LogP contribution in [0.25, 0.3) is 11.1 Å². The molecule has 3 rings (SSSR count). The second-order valence-electron chi connectivity index (χ2n) is 5.54. The van der Waals surface area contributed by atoms with E-state index in [2.05, 4.69) is 10.9 Å². The number of carboxylic acids is 1. The molecule has 0 saturated heterocycles. The molecule has 2 heterocycles. The molecule has 0 atom stereocenters. The first-order valence-electron chi connectivity index (χ1n) is 7.64. The molecule has 0 radical (unpaired) electrons. The molecule has 1 aliphatic rings. The number of carbonyl (C=O) groups is 2. The molecule has 1 N–H and O–H groups in total. The van der Waals surface area contributed by atoms with Crippen LogP contribution in [-0.4, -0.2) is 45.4 Å². The molecule has 0 saturated carbocycles. The van der Waals surface area contributed by atoms with Crippen LogP contribution in [0.3, 0.4) is 0 Å². The maximum Gasteiger partial charge on any atom is 0.335 e. The summed E-state index contributed by atoms with van der Waals surface area (Å²) >= 11 is 0. The Morgan fingerprint density at radius 2 is 1.92 bits per heavy atom. The Hall–Kier alpha value is -3.44.